The molecule has 7 heteroatoms. The van der Waals surface area contributed by atoms with Crippen molar-refractivity contribution >= 4 is 16.3 Å². The minimum Gasteiger partial charge on any atom is -0.716 e. The Balaban J connectivity index is 1.67. The number of hydrogen-bond acceptors (Lipinski definition) is 5. The summed E-state index contributed by atoms with van der Waals surface area (Å²) in [6.07, 6.45) is 12.4. The van der Waals surface area contributed by atoms with Gasteiger partial charge in [-0.25, -0.2) is 8.42 Å². The molecule has 5 atom stereocenters. The highest BCUT2D eigenvalue weighted by Gasteiger charge is 2.61. The largest absolute Gasteiger partial charge is 0.716 e. The Morgan fingerprint density at radius 3 is 2.53 bits per heavy atom. The highest BCUT2D eigenvalue weighted by atomic mass is 32.3. The van der Waals surface area contributed by atoms with Crippen molar-refractivity contribution in [3.8, 4) is 0 Å². The molecule has 4 aliphatic rings. The molecule has 0 saturated heterocycles. The van der Waals surface area contributed by atoms with Crippen molar-refractivity contribution in [1.29, 1.82) is 0 Å². The molecule has 4 rings (SSSR count). The Kier molecular flexibility index (Phi) is 6.07. The van der Waals surface area contributed by atoms with Crippen molar-refractivity contribution in [3.63, 3.8) is 0 Å². The van der Waals surface area contributed by atoms with Crippen molar-refractivity contribution in [3.05, 3.63) is 23.5 Å². The summed E-state index contributed by atoms with van der Waals surface area (Å²) in [7, 11) is -4.78. The number of amides is 1. The number of allylic oxidation sites excluding steroid dienone is 1. The van der Waals surface area contributed by atoms with Crippen LogP contribution >= 0.6 is 0 Å². The van der Waals surface area contributed by atoms with Gasteiger partial charge in [0.25, 0.3) is 10.4 Å². The molecule has 3 saturated carbocycles. The van der Waals surface area contributed by atoms with Crippen LogP contribution in [0.5, 0.6) is 0 Å². The Labute approximate surface area is 193 Å². The fourth-order valence-corrected chi connectivity index (χ4v) is 8.68. The van der Waals surface area contributed by atoms with E-state index in [-0.39, 0.29) is 22.7 Å². The predicted octanol–water partition coefficient (Wildman–Crippen LogP) is 4.84. The van der Waals surface area contributed by atoms with Crippen molar-refractivity contribution in [1.82, 2.24) is 5.32 Å². The maximum atomic E-state index is 12.1. The van der Waals surface area contributed by atoms with Crippen LogP contribution in [0.3, 0.4) is 0 Å². The molecule has 0 aromatic carbocycles. The van der Waals surface area contributed by atoms with Crippen LogP contribution < -0.4 is 5.32 Å². The summed E-state index contributed by atoms with van der Waals surface area (Å²) in [6, 6.07) is 0. The number of nitrogens with one attached hydrogen (secondary N) is 1. The summed E-state index contributed by atoms with van der Waals surface area (Å²) in [5.74, 6) is 1.32. The summed E-state index contributed by atoms with van der Waals surface area (Å²) in [6.45, 7) is 10.3. The van der Waals surface area contributed by atoms with Gasteiger partial charge in [0.15, 0.2) is 0 Å². The SMILES string of the molecule is CC1(C)CCC[C@]2(C)[C@H]3CC/C(=C\OS(=O)(=O)[O-])[C@H](CCC4=CCNC4=O)[C@@]3(C)CC[C@@H]12. The molecule has 1 amide bonds. The smallest absolute Gasteiger partial charge is 0.262 e. The molecule has 1 aliphatic heterocycles. The first-order valence-electron chi connectivity index (χ1n) is 12.2. The van der Waals surface area contributed by atoms with E-state index in [1.807, 2.05) is 6.08 Å². The van der Waals surface area contributed by atoms with E-state index in [9.17, 15) is 17.8 Å². The number of fused-ring (bicyclic) bond motifs is 3. The minimum atomic E-state index is -4.78. The predicted molar refractivity (Wildman–Crippen MR) is 122 cm³/mol. The van der Waals surface area contributed by atoms with Gasteiger partial charge >= 0.3 is 0 Å². The lowest BCUT2D eigenvalue weighted by Gasteiger charge is -2.66. The van der Waals surface area contributed by atoms with E-state index in [0.717, 1.165) is 36.8 Å². The standard InChI is InChI=1S/C25H39NO5S/c1-23(2)12-5-13-25(4)20(23)10-14-24(3)19(8-6-17-11-15-26-22(17)27)18(7-9-21(24)25)16-31-32(28,29)30/h11,16,19-21H,5-10,12-15H2,1-4H3,(H,26,27)(H,28,29,30)/p-1/b18-16+/t19-,20-,21-,24+,25-/m0/s1. The number of hydrogen-bond donors (Lipinski definition) is 1. The Hall–Kier alpha value is -1.34. The van der Waals surface area contributed by atoms with E-state index < -0.39 is 10.4 Å². The molecule has 3 aliphatic carbocycles. The molecule has 6 nitrogen and oxygen atoms in total. The van der Waals surface area contributed by atoms with E-state index in [1.54, 1.807) is 0 Å². The molecule has 0 aromatic rings. The van der Waals surface area contributed by atoms with Crippen LogP contribution in [0.4, 0.5) is 0 Å². The average molecular weight is 465 g/mol. The normalized spacial score (nSPS) is 40.3. The summed E-state index contributed by atoms with van der Waals surface area (Å²) in [5, 5.41) is 2.84. The monoisotopic (exact) mass is 464 g/mol. The van der Waals surface area contributed by atoms with Crippen LogP contribution in [0.25, 0.3) is 0 Å². The molecule has 0 unspecified atom stereocenters. The number of carbonyl (C=O) groups excluding carboxylic acids is 1. The highest BCUT2D eigenvalue weighted by molar-refractivity contribution is 7.80. The maximum Gasteiger partial charge on any atom is 0.262 e. The van der Waals surface area contributed by atoms with Gasteiger partial charge in [0.2, 0.25) is 5.91 Å². The molecule has 32 heavy (non-hydrogen) atoms. The molecule has 0 aromatic heterocycles. The van der Waals surface area contributed by atoms with Crippen LogP contribution in [0.15, 0.2) is 23.5 Å². The first kappa shape index (κ1) is 23.8. The van der Waals surface area contributed by atoms with E-state index in [2.05, 4.69) is 37.2 Å². The second-order valence-corrected chi connectivity index (χ2v) is 12.8. The molecule has 0 bridgehead atoms. The third kappa shape index (κ3) is 4.15. The van der Waals surface area contributed by atoms with Crippen molar-refractivity contribution in [2.24, 2.45) is 34.0 Å². The molecule has 0 spiro atoms. The Bertz CT molecular complexity index is 936. The fraction of sp³-hybridized carbons (Fsp3) is 0.800. The van der Waals surface area contributed by atoms with Gasteiger partial charge in [-0.05, 0) is 90.9 Å². The zero-order valence-electron chi connectivity index (χ0n) is 19.9. The van der Waals surface area contributed by atoms with E-state index in [4.69, 9.17) is 0 Å². The molecule has 1 heterocycles. The van der Waals surface area contributed by atoms with Gasteiger partial charge in [-0.1, -0.05) is 40.2 Å². The third-order valence-electron chi connectivity index (χ3n) is 9.73. The topological polar surface area (TPSA) is 95.5 Å². The Morgan fingerprint density at radius 2 is 1.88 bits per heavy atom. The van der Waals surface area contributed by atoms with E-state index >= 15 is 0 Å². The second-order valence-electron chi connectivity index (χ2n) is 11.8. The van der Waals surface area contributed by atoms with Crippen molar-refractivity contribution in [2.75, 3.05) is 6.54 Å². The van der Waals surface area contributed by atoms with E-state index in [0.29, 0.717) is 30.2 Å². The average Bonchev–Trinajstić information content (AvgIpc) is 3.08. The lowest BCUT2D eigenvalue weighted by atomic mass is 9.39. The minimum absolute atomic E-state index is 0.00359. The quantitative estimate of drug-likeness (QED) is 0.357. The molecular formula is C25H38NO5S-. The zero-order chi connectivity index (χ0) is 23.4. The number of carbonyl (C=O) groups is 1. The first-order valence-corrected chi connectivity index (χ1v) is 13.5. The second kappa shape index (κ2) is 8.15. The highest BCUT2D eigenvalue weighted by Crippen LogP contribution is 2.69. The van der Waals surface area contributed by atoms with Crippen LogP contribution in [-0.2, 0) is 19.4 Å². The van der Waals surface area contributed by atoms with Crippen LogP contribution in [-0.4, -0.2) is 25.4 Å². The van der Waals surface area contributed by atoms with Gasteiger partial charge in [-0.2, -0.15) is 0 Å². The van der Waals surface area contributed by atoms with Crippen molar-refractivity contribution < 1.29 is 21.9 Å². The van der Waals surface area contributed by atoms with Gasteiger partial charge in [-0.3, -0.25) is 4.79 Å². The van der Waals surface area contributed by atoms with Crippen molar-refractivity contribution in [2.45, 2.75) is 85.5 Å². The summed E-state index contributed by atoms with van der Waals surface area (Å²) < 4.78 is 38.2. The fourth-order valence-electron chi connectivity index (χ4n) is 8.44. The zero-order valence-corrected chi connectivity index (χ0v) is 20.7. The summed E-state index contributed by atoms with van der Waals surface area (Å²) >= 11 is 0. The molecule has 0 radical (unpaired) electrons. The third-order valence-corrected chi connectivity index (χ3v) is 10.1. The molecule has 3 fully saturated rings. The molecule has 1 N–H and O–H groups in total. The molecular weight excluding hydrogens is 426 g/mol. The van der Waals surface area contributed by atoms with Crippen LogP contribution in [0.2, 0.25) is 0 Å². The van der Waals surface area contributed by atoms with Gasteiger partial charge in [0.1, 0.15) is 6.26 Å². The van der Waals surface area contributed by atoms with Gasteiger partial charge in [-0.15, -0.1) is 0 Å². The lowest BCUT2D eigenvalue weighted by Crippen LogP contribution is -2.58. The summed E-state index contributed by atoms with van der Waals surface area (Å²) in [4.78, 5) is 12.1. The lowest BCUT2D eigenvalue weighted by molar-refractivity contribution is -0.154. The van der Waals surface area contributed by atoms with Gasteiger partial charge < -0.3 is 14.1 Å². The number of rotatable bonds is 5. The Morgan fingerprint density at radius 1 is 1.12 bits per heavy atom. The first-order chi connectivity index (χ1) is 14.9. The van der Waals surface area contributed by atoms with Gasteiger partial charge in [0.05, 0.1) is 0 Å². The van der Waals surface area contributed by atoms with E-state index in [1.165, 1.54) is 31.9 Å². The van der Waals surface area contributed by atoms with Gasteiger partial charge in [0, 0.05) is 12.1 Å². The molecule has 180 valence electrons. The van der Waals surface area contributed by atoms with Crippen LogP contribution in [0.1, 0.15) is 85.5 Å². The summed E-state index contributed by atoms with van der Waals surface area (Å²) in [5.41, 5.74) is 2.32. The maximum absolute atomic E-state index is 12.1. The van der Waals surface area contributed by atoms with Crippen LogP contribution in [0, 0.1) is 34.0 Å².